The Morgan fingerprint density at radius 1 is 1.21 bits per heavy atom. The normalized spacial score (nSPS) is 19.2. The average Bonchev–Trinajstić information content (AvgIpc) is 2.71. The van der Waals surface area contributed by atoms with E-state index < -0.39 is 12.0 Å². The largest absolute Gasteiger partial charge is 0.496 e. The van der Waals surface area contributed by atoms with Gasteiger partial charge in [-0.25, -0.2) is 0 Å². The fourth-order valence-electron chi connectivity index (χ4n) is 3.67. The molecule has 1 heterocycles. The monoisotopic (exact) mass is 389 g/mol. The molecule has 7 heteroatoms. The van der Waals surface area contributed by atoms with E-state index in [2.05, 4.69) is 17.6 Å². The van der Waals surface area contributed by atoms with Gasteiger partial charge in [0.25, 0.3) is 0 Å². The maximum atomic E-state index is 12.9. The Kier molecular flexibility index (Phi) is 8.29. The number of carbonyl (C=O) groups is 3. The van der Waals surface area contributed by atoms with Crippen molar-refractivity contribution in [2.45, 2.75) is 45.6 Å². The summed E-state index contributed by atoms with van der Waals surface area (Å²) in [6.07, 6.45) is 2.60. The van der Waals surface area contributed by atoms with Gasteiger partial charge in [-0.2, -0.15) is 0 Å². The Labute approximate surface area is 166 Å². The van der Waals surface area contributed by atoms with Crippen molar-refractivity contribution in [2.75, 3.05) is 26.7 Å². The summed E-state index contributed by atoms with van der Waals surface area (Å²) < 4.78 is 5.51. The van der Waals surface area contributed by atoms with E-state index in [1.54, 1.807) is 12.0 Å². The van der Waals surface area contributed by atoms with E-state index in [1.807, 2.05) is 31.2 Å². The minimum Gasteiger partial charge on any atom is -0.496 e. The molecule has 154 valence electrons. The molecule has 0 aliphatic carbocycles. The average molecular weight is 389 g/mol. The van der Waals surface area contributed by atoms with Crippen LogP contribution < -0.4 is 15.4 Å². The molecule has 0 aromatic heterocycles. The van der Waals surface area contributed by atoms with Crippen LogP contribution >= 0.6 is 0 Å². The third-order valence-electron chi connectivity index (χ3n) is 5.05. The molecule has 1 aromatic rings. The van der Waals surface area contributed by atoms with E-state index in [1.165, 1.54) is 0 Å². The third kappa shape index (κ3) is 5.24. The van der Waals surface area contributed by atoms with Crippen molar-refractivity contribution in [2.24, 2.45) is 5.92 Å². The fourth-order valence-corrected chi connectivity index (χ4v) is 3.67. The molecule has 0 unspecified atom stereocenters. The van der Waals surface area contributed by atoms with Crippen LogP contribution in [-0.2, 0) is 14.4 Å². The molecule has 7 nitrogen and oxygen atoms in total. The maximum absolute atomic E-state index is 12.9. The molecule has 0 bridgehead atoms. The highest BCUT2D eigenvalue weighted by Crippen LogP contribution is 2.40. The number of methoxy groups -OCH3 is 1. The van der Waals surface area contributed by atoms with Crippen molar-refractivity contribution in [1.82, 2.24) is 15.5 Å². The van der Waals surface area contributed by atoms with Crippen molar-refractivity contribution >= 4 is 17.7 Å². The number of unbranched alkanes of at least 4 members (excludes halogenated alkanes) is 1. The van der Waals surface area contributed by atoms with Gasteiger partial charge in [0.1, 0.15) is 5.75 Å². The van der Waals surface area contributed by atoms with Crippen LogP contribution in [0.25, 0.3) is 0 Å². The number of nitrogens with zero attached hydrogens (tertiary/aromatic N) is 1. The molecule has 2 atom stereocenters. The number of para-hydroxylation sites is 1. The molecule has 28 heavy (non-hydrogen) atoms. The summed E-state index contributed by atoms with van der Waals surface area (Å²) in [4.78, 5) is 39.2. The number of likely N-dealkylation sites (tertiary alicyclic amines) is 1. The van der Waals surface area contributed by atoms with Crippen molar-refractivity contribution in [3.8, 4) is 5.75 Å². The van der Waals surface area contributed by atoms with Crippen molar-refractivity contribution in [1.29, 1.82) is 0 Å². The van der Waals surface area contributed by atoms with E-state index >= 15 is 0 Å². The number of hydrogen-bond donors (Lipinski definition) is 2. The van der Waals surface area contributed by atoms with Crippen LogP contribution in [0.15, 0.2) is 24.3 Å². The Bertz CT molecular complexity index is 692. The lowest BCUT2D eigenvalue weighted by Gasteiger charge is -2.41. The number of carbonyl (C=O) groups excluding carboxylic acids is 3. The van der Waals surface area contributed by atoms with Gasteiger partial charge in [0.05, 0.1) is 25.6 Å². The summed E-state index contributed by atoms with van der Waals surface area (Å²) in [5.41, 5.74) is 0.826. The van der Waals surface area contributed by atoms with Gasteiger partial charge in [0, 0.05) is 25.1 Å². The highest BCUT2D eigenvalue weighted by molar-refractivity contribution is 5.88. The summed E-state index contributed by atoms with van der Waals surface area (Å²) >= 11 is 0. The van der Waals surface area contributed by atoms with Crippen LogP contribution in [0.1, 0.15) is 51.1 Å². The summed E-state index contributed by atoms with van der Waals surface area (Å²) in [7, 11) is 1.59. The molecule has 1 aliphatic rings. The molecular formula is C21H31N3O4. The smallest absolute Gasteiger partial charge is 0.239 e. The second kappa shape index (κ2) is 10.7. The molecule has 0 saturated carbocycles. The first-order valence-corrected chi connectivity index (χ1v) is 10.00. The number of ether oxygens (including phenoxy) is 1. The molecule has 1 aliphatic heterocycles. The SMILES string of the molecule is CCCCN1C(=O)CC[C@H](C(=O)NCC(=O)NCC)[C@@H]1c1ccccc1OC. The Morgan fingerprint density at radius 3 is 2.64 bits per heavy atom. The van der Waals surface area contributed by atoms with Crippen LogP contribution in [0, 0.1) is 5.92 Å². The number of piperidine rings is 1. The van der Waals surface area contributed by atoms with Gasteiger partial charge in [-0.05, 0) is 25.8 Å². The fraction of sp³-hybridized carbons (Fsp3) is 0.571. The molecule has 3 amide bonds. The summed E-state index contributed by atoms with van der Waals surface area (Å²) in [5, 5.41) is 5.41. The highest BCUT2D eigenvalue weighted by atomic mass is 16.5. The first-order chi connectivity index (χ1) is 13.5. The molecular weight excluding hydrogens is 358 g/mol. The molecule has 2 N–H and O–H groups in total. The van der Waals surface area contributed by atoms with Gasteiger partial charge in [0.2, 0.25) is 17.7 Å². The van der Waals surface area contributed by atoms with Gasteiger partial charge in [-0.1, -0.05) is 31.5 Å². The minimum absolute atomic E-state index is 0.0529. The molecule has 1 fully saturated rings. The Morgan fingerprint density at radius 2 is 1.96 bits per heavy atom. The van der Waals surface area contributed by atoms with Gasteiger partial charge < -0.3 is 20.3 Å². The zero-order valence-electron chi connectivity index (χ0n) is 17.0. The van der Waals surface area contributed by atoms with Crippen LogP contribution in [0.3, 0.4) is 0 Å². The summed E-state index contributed by atoms with van der Waals surface area (Å²) in [6.45, 7) is 4.95. The molecule has 1 aromatic carbocycles. The summed E-state index contributed by atoms with van der Waals surface area (Å²) in [6, 6.07) is 7.10. The number of rotatable bonds is 9. The molecule has 0 radical (unpaired) electrons. The Balaban J connectivity index is 2.31. The number of nitrogens with one attached hydrogen (secondary N) is 2. The van der Waals surface area contributed by atoms with E-state index in [4.69, 9.17) is 4.74 Å². The van der Waals surface area contributed by atoms with Crippen LogP contribution in [-0.4, -0.2) is 49.4 Å². The lowest BCUT2D eigenvalue weighted by Crippen LogP contribution is -2.49. The van der Waals surface area contributed by atoms with Crippen LogP contribution in [0.4, 0.5) is 0 Å². The number of hydrogen-bond acceptors (Lipinski definition) is 4. The zero-order valence-corrected chi connectivity index (χ0v) is 17.0. The van der Waals surface area contributed by atoms with Crippen molar-refractivity contribution in [3.05, 3.63) is 29.8 Å². The molecule has 1 saturated heterocycles. The van der Waals surface area contributed by atoms with E-state index in [0.717, 1.165) is 18.4 Å². The Hall–Kier alpha value is -2.57. The topological polar surface area (TPSA) is 87.7 Å². The maximum Gasteiger partial charge on any atom is 0.239 e. The number of benzene rings is 1. The number of likely N-dealkylation sites (N-methyl/N-ethyl adjacent to an activating group) is 1. The van der Waals surface area contributed by atoms with Gasteiger partial charge in [-0.15, -0.1) is 0 Å². The first-order valence-electron chi connectivity index (χ1n) is 10.00. The van der Waals surface area contributed by atoms with Gasteiger partial charge in [0.15, 0.2) is 0 Å². The second-order valence-electron chi connectivity index (χ2n) is 6.94. The predicted octanol–water partition coefficient (Wildman–Crippen LogP) is 2.03. The quantitative estimate of drug-likeness (QED) is 0.676. The minimum atomic E-state index is -0.430. The predicted molar refractivity (Wildman–Crippen MR) is 107 cm³/mol. The van der Waals surface area contributed by atoms with Gasteiger partial charge >= 0.3 is 0 Å². The van der Waals surface area contributed by atoms with E-state index in [-0.39, 0.29) is 24.3 Å². The van der Waals surface area contributed by atoms with E-state index in [9.17, 15) is 14.4 Å². The van der Waals surface area contributed by atoms with E-state index in [0.29, 0.717) is 31.7 Å². The lowest BCUT2D eigenvalue weighted by atomic mass is 9.83. The number of amides is 3. The summed E-state index contributed by atoms with van der Waals surface area (Å²) in [5.74, 6) is -0.154. The highest BCUT2D eigenvalue weighted by Gasteiger charge is 2.41. The zero-order chi connectivity index (χ0) is 20.5. The van der Waals surface area contributed by atoms with Crippen molar-refractivity contribution < 1.29 is 19.1 Å². The first kappa shape index (κ1) is 21.7. The molecule has 0 spiro atoms. The lowest BCUT2D eigenvalue weighted by molar-refractivity contribution is -0.144. The van der Waals surface area contributed by atoms with Crippen LogP contribution in [0.2, 0.25) is 0 Å². The van der Waals surface area contributed by atoms with Gasteiger partial charge in [-0.3, -0.25) is 14.4 Å². The standard InChI is InChI=1S/C21H31N3O4/c1-4-6-13-24-19(26)12-11-16(21(27)23-14-18(25)22-5-2)20(24)15-9-7-8-10-17(15)28-3/h7-10,16,20H,4-6,11-14H2,1-3H3,(H,22,25)(H,23,27)/t16-,20-/m0/s1. The second-order valence-corrected chi connectivity index (χ2v) is 6.94. The molecule has 2 rings (SSSR count). The third-order valence-corrected chi connectivity index (χ3v) is 5.05. The van der Waals surface area contributed by atoms with Crippen LogP contribution in [0.5, 0.6) is 5.75 Å². The van der Waals surface area contributed by atoms with Crippen molar-refractivity contribution in [3.63, 3.8) is 0 Å².